The van der Waals surface area contributed by atoms with Crippen molar-refractivity contribution in [1.29, 1.82) is 0 Å². The van der Waals surface area contributed by atoms with Gasteiger partial charge < -0.3 is 4.90 Å². The van der Waals surface area contributed by atoms with Crippen molar-refractivity contribution in [3.63, 3.8) is 0 Å². The molecule has 4 rings (SSSR count). The lowest BCUT2D eigenvalue weighted by molar-refractivity contribution is 0.769. The fraction of sp³-hybridized carbons (Fsp3) is 0.111. The molecule has 2 aromatic carbocycles. The molecular formula is C18H15N3. The number of benzene rings is 2. The van der Waals surface area contributed by atoms with Gasteiger partial charge >= 0.3 is 0 Å². The summed E-state index contributed by atoms with van der Waals surface area (Å²) >= 11 is 0. The topological polar surface area (TPSA) is 29.0 Å². The second-order valence-electron chi connectivity index (χ2n) is 5.24. The molecule has 1 aromatic heterocycles. The van der Waals surface area contributed by atoms with E-state index in [-0.39, 0.29) is 6.04 Å². The van der Waals surface area contributed by atoms with Gasteiger partial charge in [-0.3, -0.25) is 0 Å². The van der Waals surface area contributed by atoms with E-state index in [1.165, 1.54) is 22.3 Å². The molecule has 0 saturated carbocycles. The number of anilines is 1. The zero-order chi connectivity index (χ0) is 14.2. The summed E-state index contributed by atoms with van der Waals surface area (Å²) in [5, 5.41) is 0. The van der Waals surface area contributed by atoms with Crippen LogP contribution in [0.1, 0.15) is 17.2 Å². The first kappa shape index (κ1) is 12.1. The maximum Gasteiger partial charge on any atom is 0.225 e. The zero-order valence-electron chi connectivity index (χ0n) is 11.8. The molecule has 0 unspecified atom stereocenters. The molecule has 0 fully saturated rings. The van der Waals surface area contributed by atoms with Crippen molar-refractivity contribution in [2.45, 2.75) is 6.04 Å². The Morgan fingerprint density at radius 1 is 0.762 bits per heavy atom. The molecule has 3 nitrogen and oxygen atoms in total. The van der Waals surface area contributed by atoms with Crippen LogP contribution < -0.4 is 4.90 Å². The lowest BCUT2D eigenvalue weighted by atomic mass is 10.0. The van der Waals surface area contributed by atoms with E-state index >= 15 is 0 Å². The van der Waals surface area contributed by atoms with E-state index in [2.05, 4.69) is 70.4 Å². The molecule has 0 aliphatic heterocycles. The first-order chi connectivity index (χ1) is 10.4. The monoisotopic (exact) mass is 273 g/mol. The molecule has 3 heteroatoms. The van der Waals surface area contributed by atoms with Crippen molar-refractivity contribution in [1.82, 2.24) is 9.97 Å². The number of hydrogen-bond donors (Lipinski definition) is 0. The van der Waals surface area contributed by atoms with E-state index in [0.29, 0.717) is 0 Å². The van der Waals surface area contributed by atoms with Crippen LogP contribution in [0.3, 0.4) is 0 Å². The molecule has 21 heavy (non-hydrogen) atoms. The predicted molar refractivity (Wildman–Crippen MR) is 84.2 cm³/mol. The minimum absolute atomic E-state index is 0.166. The number of fused-ring (bicyclic) bond motifs is 3. The SMILES string of the molecule is CN(c1ncccn1)C1c2ccccc2-c2ccccc21. The molecule has 3 aromatic rings. The van der Waals surface area contributed by atoms with Gasteiger partial charge in [-0.1, -0.05) is 48.5 Å². The molecule has 102 valence electrons. The van der Waals surface area contributed by atoms with Crippen LogP contribution in [0.5, 0.6) is 0 Å². The standard InChI is InChI=1S/C18H15N3/c1-21(18-19-11-6-12-20-18)17-15-9-4-2-7-13(15)14-8-3-5-10-16(14)17/h2-12,17H,1H3. The van der Waals surface area contributed by atoms with Crippen molar-refractivity contribution in [3.8, 4) is 11.1 Å². The molecule has 1 heterocycles. The minimum atomic E-state index is 0.166. The molecule has 1 aliphatic rings. The molecule has 1 aliphatic carbocycles. The fourth-order valence-corrected chi connectivity index (χ4v) is 3.14. The Morgan fingerprint density at radius 2 is 1.29 bits per heavy atom. The molecule has 0 bridgehead atoms. The third-order valence-corrected chi connectivity index (χ3v) is 4.06. The second kappa shape index (κ2) is 4.70. The number of hydrogen-bond acceptors (Lipinski definition) is 3. The van der Waals surface area contributed by atoms with Gasteiger partial charge in [-0.2, -0.15) is 0 Å². The Balaban J connectivity index is 1.89. The highest BCUT2D eigenvalue weighted by Gasteiger charge is 2.31. The highest BCUT2D eigenvalue weighted by atomic mass is 15.2. The third kappa shape index (κ3) is 1.82. The van der Waals surface area contributed by atoms with Crippen molar-refractivity contribution < 1.29 is 0 Å². The smallest absolute Gasteiger partial charge is 0.225 e. The van der Waals surface area contributed by atoms with Crippen molar-refractivity contribution >= 4 is 5.95 Å². The summed E-state index contributed by atoms with van der Waals surface area (Å²) in [4.78, 5) is 10.9. The van der Waals surface area contributed by atoms with Gasteiger partial charge in [0.05, 0.1) is 6.04 Å². The van der Waals surface area contributed by atoms with Gasteiger partial charge in [0.2, 0.25) is 5.95 Å². The van der Waals surface area contributed by atoms with Gasteiger partial charge in [-0.15, -0.1) is 0 Å². The van der Waals surface area contributed by atoms with Gasteiger partial charge in [0.25, 0.3) is 0 Å². The van der Waals surface area contributed by atoms with Crippen LogP contribution in [0.15, 0.2) is 67.0 Å². The average Bonchev–Trinajstić information content (AvgIpc) is 2.90. The van der Waals surface area contributed by atoms with Crippen LogP contribution in [0.25, 0.3) is 11.1 Å². The van der Waals surface area contributed by atoms with Crippen LogP contribution in [-0.2, 0) is 0 Å². The maximum atomic E-state index is 4.38. The van der Waals surface area contributed by atoms with Crippen LogP contribution >= 0.6 is 0 Å². The Morgan fingerprint density at radius 3 is 1.86 bits per heavy atom. The summed E-state index contributed by atoms with van der Waals surface area (Å²) in [5.41, 5.74) is 5.24. The Hall–Kier alpha value is -2.68. The van der Waals surface area contributed by atoms with Gasteiger partial charge in [-0.05, 0) is 28.3 Å². The summed E-state index contributed by atoms with van der Waals surface area (Å²) in [6, 6.07) is 19.1. The predicted octanol–water partition coefficient (Wildman–Crippen LogP) is 3.68. The Bertz CT molecular complexity index is 738. The van der Waals surface area contributed by atoms with Gasteiger partial charge in [0.1, 0.15) is 0 Å². The molecule has 0 radical (unpaired) electrons. The largest absolute Gasteiger partial charge is 0.333 e. The molecule has 0 amide bonds. The van der Waals surface area contributed by atoms with Gasteiger partial charge in [-0.25, -0.2) is 9.97 Å². The number of aromatic nitrogens is 2. The first-order valence-electron chi connectivity index (χ1n) is 7.04. The van der Waals surface area contributed by atoms with E-state index < -0.39 is 0 Å². The summed E-state index contributed by atoms with van der Waals surface area (Å²) < 4.78 is 0. The normalized spacial score (nSPS) is 12.8. The summed E-state index contributed by atoms with van der Waals surface area (Å²) in [6.07, 6.45) is 3.57. The van der Waals surface area contributed by atoms with Crippen LogP contribution in [0.2, 0.25) is 0 Å². The average molecular weight is 273 g/mol. The maximum absolute atomic E-state index is 4.38. The Labute approximate surface area is 123 Å². The minimum Gasteiger partial charge on any atom is -0.333 e. The highest BCUT2D eigenvalue weighted by Crippen LogP contribution is 2.46. The fourth-order valence-electron chi connectivity index (χ4n) is 3.14. The van der Waals surface area contributed by atoms with Gasteiger partial charge in [0, 0.05) is 19.4 Å². The van der Waals surface area contributed by atoms with E-state index in [4.69, 9.17) is 0 Å². The van der Waals surface area contributed by atoms with E-state index in [9.17, 15) is 0 Å². The van der Waals surface area contributed by atoms with Crippen molar-refractivity contribution in [2.75, 3.05) is 11.9 Å². The number of nitrogens with zero attached hydrogens (tertiary/aromatic N) is 3. The molecular weight excluding hydrogens is 258 g/mol. The summed E-state index contributed by atoms with van der Waals surface area (Å²) in [5.74, 6) is 0.744. The molecule has 0 saturated heterocycles. The van der Waals surface area contributed by atoms with Crippen LogP contribution in [0, 0.1) is 0 Å². The molecule has 0 spiro atoms. The van der Waals surface area contributed by atoms with Crippen molar-refractivity contribution in [2.24, 2.45) is 0 Å². The van der Waals surface area contributed by atoms with Crippen molar-refractivity contribution in [3.05, 3.63) is 78.1 Å². The van der Waals surface area contributed by atoms with E-state index in [1.54, 1.807) is 12.4 Å². The van der Waals surface area contributed by atoms with E-state index in [1.807, 2.05) is 6.07 Å². The van der Waals surface area contributed by atoms with E-state index in [0.717, 1.165) is 5.95 Å². The molecule has 0 atom stereocenters. The third-order valence-electron chi connectivity index (χ3n) is 4.06. The van der Waals surface area contributed by atoms with Crippen LogP contribution in [-0.4, -0.2) is 17.0 Å². The highest BCUT2D eigenvalue weighted by molar-refractivity contribution is 5.80. The quantitative estimate of drug-likeness (QED) is 0.713. The molecule has 0 N–H and O–H groups in total. The lowest BCUT2D eigenvalue weighted by Gasteiger charge is -2.26. The van der Waals surface area contributed by atoms with Crippen LogP contribution in [0.4, 0.5) is 5.95 Å². The zero-order valence-corrected chi connectivity index (χ0v) is 11.8. The summed E-state index contributed by atoms with van der Waals surface area (Å²) in [7, 11) is 2.05. The summed E-state index contributed by atoms with van der Waals surface area (Å²) in [6.45, 7) is 0. The lowest BCUT2D eigenvalue weighted by Crippen LogP contribution is -2.25. The second-order valence-corrected chi connectivity index (χ2v) is 5.24. The Kier molecular flexibility index (Phi) is 2.71. The first-order valence-corrected chi connectivity index (χ1v) is 7.04. The number of rotatable bonds is 2. The van der Waals surface area contributed by atoms with Gasteiger partial charge in [0.15, 0.2) is 0 Å².